The van der Waals surface area contributed by atoms with Crippen LogP contribution in [0.5, 0.6) is 0 Å². The van der Waals surface area contributed by atoms with Crippen molar-refractivity contribution >= 4 is 29.9 Å². The summed E-state index contributed by atoms with van der Waals surface area (Å²) in [7, 11) is 0. The summed E-state index contributed by atoms with van der Waals surface area (Å²) in [6.07, 6.45) is 5.33. The van der Waals surface area contributed by atoms with Crippen LogP contribution in [0.1, 0.15) is 75.5 Å². The zero-order chi connectivity index (χ0) is 38.5. The molecule has 1 aliphatic heterocycles. The van der Waals surface area contributed by atoms with Gasteiger partial charge >= 0.3 is 6.09 Å². The number of nitrogens with zero attached hydrogens (tertiary/aromatic N) is 1. The Kier molecular flexibility index (Phi) is 14.8. The number of aliphatic hydroxyl groups is 1. The van der Waals surface area contributed by atoms with Gasteiger partial charge in [-0.15, -0.1) is 0 Å². The molecule has 2 aliphatic rings. The van der Waals surface area contributed by atoms with E-state index < -0.39 is 54.6 Å². The number of alkyl carbamates (subject to hydrolysis) is 1. The van der Waals surface area contributed by atoms with Crippen LogP contribution in [-0.4, -0.2) is 72.6 Å². The molecule has 5 rings (SSSR count). The van der Waals surface area contributed by atoms with Crippen molar-refractivity contribution in [2.45, 2.75) is 71.1 Å². The van der Waals surface area contributed by atoms with Gasteiger partial charge in [-0.2, -0.15) is 0 Å². The van der Waals surface area contributed by atoms with Gasteiger partial charge in [0.05, 0.1) is 25.0 Å². The van der Waals surface area contributed by atoms with Crippen LogP contribution in [0.4, 0.5) is 4.79 Å². The maximum atomic E-state index is 14.1. The van der Waals surface area contributed by atoms with E-state index in [0.29, 0.717) is 19.4 Å². The van der Waals surface area contributed by atoms with E-state index in [1.54, 1.807) is 0 Å². The Morgan fingerprint density at radius 2 is 1.56 bits per heavy atom. The third-order valence-electron chi connectivity index (χ3n) is 9.70. The van der Waals surface area contributed by atoms with Crippen LogP contribution >= 0.6 is 0 Å². The maximum absolute atomic E-state index is 14.1. The lowest BCUT2D eigenvalue weighted by Gasteiger charge is -2.31. The Hall–Kier alpha value is -5.04. The summed E-state index contributed by atoms with van der Waals surface area (Å²) in [6, 6.07) is 24.4. The molecule has 12 heteroatoms. The lowest BCUT2D eigenvalue weighted by molar-refractivity contribution is -0.203. The van der Waals surface area contributed by atoms with E-state index in [-0.39, 0.29) is 31.4 Å². The Morgan fingerprint density at radius 3 is 2.19 bits per heavy atom. The summed E-state index contributed by atoms with van der Waals surface area (Å²) in [6.45, 7) is 5.25. The zero-order valence-electron chi connectivity index (χ0n) is 31.2. The molecule has 1 heterocycles. The summed E-state index contributed by atoms with van der Waals surface area (Å²) in [4.78, 5) is 60.1. The fourth-order valence-corrected chi connectivity index (χ4v) is 6.98. The Bertz CT molecular complexity index is 1700. The maximum Gasteiger partial charge on any atom is 0.407 e. The molecule has 0 spiro atoms. The quantitative estimate of drug-likeness (QED) is 0.136. The number of nitrogens with one attached hydrogen (secondary N) is 3. The van der Waals surface area contributed by atoms with Gasteiger partial charge in [0.15, 0.2) is 6.29 Å². The molecule has 1 saturated heterocycles. The van der Waals surface area contributed by atoms with Gasteiger partial charge in [0.25, 0.3) is 5.91 Å². The number of aliphatic hydroxyl groups excluding tert-OH is 1. The van der Waals surface area contributed by atoms with Crippen LogP contribution in [-0.2, 0) is 28.7 Å². The number of rotatable bonds is 16. The van der Waals surface area contributed by atoms with Crippen molar-refractivity contribution in [2.24, 2.45) is 17.8 Å². The smallest absolute Gasteiger partial charge is 0.407 e. The van der Waals surface area contributed by atoms with Crippen LogP contribution in [0.25, 0.3) is 17.2 Å². The van der Waals surface area contributed by atoms with Crippen molar-refractivity contribution in [3.05, 3.63) is 102 Å². The predicted molar refractivity (Wildman–Crippen MR) is 204 cm³/mol. The van der Waals surface area contributed by atoms with Gasteiger partial charge in [-0.1, -0.05) is 105 Å². The average molecular weight is 741 g/mol. The first kappa shape index (κ1) is 40.2. The number of ether oxygens (including phenoxy) is 2. The van der Waals surface area contributed by atoms with Crippen LogP contribution < -0.4 is 16.2 Å². The lowest BCUT2D eigenvalue weighted by atomic mass is 9.82. The normalized spacial score (nSPS) is 16.9. The summed E-state index contributed by atoms with van der Waals surface area (Å²) >= 11 is 0. The predicted octanol–water partition coefficient (Wildman–Crippen LogP) is 5.72. The monoisotopic (exact) mass is 740 g/mol. The molecule has 1 fully saturated rings. The number of hydrazine groups is 1. The molecular formula is C42H52N4O8. The second-order valence-electron chi connectivity index (χ2n) is 14.2. The molecule has 4 N–H and O–H groups in total. The van der Waals surface area contributed by atoms with Gasteiger partial charge < -0.3 is 19.9 Å². The molecule has 54 heavy (non-hydrogen) atoms. The minimum absolute atomic E-state index is 0.00732. The van der Waals surface area contributed by atoms with Crippen molar-refractivity contribution in [1.82, 2.24) is 21.2 Å². The fourth-order valence-electron chi connectivity index (χ4n) is 6.98. The molecule has 3 aromatic rings. The van der Waals surface area contributed by atoms with Gasteiger partial charge in [0.1, 0.15) is 12.6 Å². The van der Waals surface area contributed by atoms with Crippen molar-refractivity contribution in [3.8, 4) is 11.1 Å². The molecule has 0 saturated carbocycles. The largest absolute Gasteiger partial charge is 0.449 e. The van der Waals surface area contributed by atoms with Crippen molar-refractivity contribution < 1.29 is 38.6 Å². The van der Waals surface area contributed by atoms with E-state index >= 15 is 0 Å². The van der Waals surface area contributed by atoms with Crippen LogP contribution in [0.3, 0.4) is 0 Å². The number of hydroxylamine groups is 1. The summed E-state index contributed by atoms with van der Waals surface area (Å²) < 4.78 is 11.2. The molecule has 0 bridgehead atoms. The molecule has 288 valence electrons. The van der Waals surface area contributed by atoms with Crippen molar-refractivity contribution in [1.29, 1.82) is 0 Å². The highest BCUT2D eigenvalue weighted by Crippen LogP contribution is 2.44. The summed E-state index contributed by atoms with van der Waals surface area (Å²) in [5.74, 6) is -3.66. The zero-order valence-corrected chi connectivity index (χ0v) is 31.2. The molecule has 1 unspecified atom stereocenters. The highest BCUT2D eigenvalue weighted by atomic mass is 16.8. The third-order valence-corrected chi connectivity index (χ3v) is 9.70. The van der Waals surface area contributed by atoms with Gasteiger partial charge in [-0.05, 0) is 66.3 Å². The van der Waals surface area contributed by atoms with Crippen LogP contribution in [0, 0.1) is 17.8 Å². The average Bonchev–Trinajstić information content (AvgIpc) is 3.50. The molecule has 4 atom stereocenters. The molecule has 4 amide bonds. The molecule has 0 aromatic heterocycles. The molecular weight excluding hydrogens is 688 g/mol. The third kappa shape index (κ3) is 10.8. The standard InChI is InChI=1S/C42H52N4O8/c1-28(2)26-36(35(21-13-16-30-14-5-4-6-15-30)40(49)45-54-38-22-11-12-25-52-38)39(48)44-46(23-24-47)41(50)29(3)43-42(51)53-27-37-33-19-9-7-17-31(33)32-18-8-10-20-34(32)37/h4-10,13-20,28-29,35-38,47H,11-12,21-27H2,1-3H3,(H,43,51)(H,44,48)(H,45,49)/b16-13+/t29-,35+,36-,38?/m1/s1. The SMILES string of the molecule is CC(C)C[C@@H](C(=O)NN(CCO)C(=O)[C@@H](C)NC(=O)OCC1c2ccccc2-c2ccccc21)[C@H](C/C=C/c1ccccc1)C(=O)NOC1CCCCO1. The van der Waals surface area contributed by atoms with Crippen LogP contribution in [0.15, 0.2) is 84.9 Å². The number of benzene rings is 3. The van der Waals surface area contributed by atoms with E-state index in [9.17, 15) is 24.3 Å². The summed E-state index contributed by atoms with van der Waals surface area (Å²) in [5, 5.41) is 13.4. The van der Waals surface area contributed by atoms with E-state index in [2.05, 4.69) is 16.2 Å². The Morgan fingerprint density at radius 1 is 0.889 bits per heavy atom. The fraction of sp³-hybridized carbons (Fsp3) is 0.429. The lowest BCUT2D eigenvalue weighted by Crippen LogP contribution is -2.56. The van der Waals surface area contributed by atoms with Gasteiger partial charge in [0.2, 0.25) is 11.8 Å². The number of hydrogen-bond donors (Lipinski definition) is 4. The molecule has 3 aromatic carbocycles. The molecule has 1 aliphatic carbocycles. The number of carbonyl (C=O) groups excluding carboxylic acids is 4. The summed E-state index contributed by atoms with van der Waals surface area (Å²) in [5.41, 5.74) is 10.4. The second-order valence-corrected chi connectivity index (χ2v) is 14.2. The highest BCUT2D eigenvalue weighted by molar-refractivity contribution is 5.91. The minimum atomic E-state index is -1.12. The van der Waals surface area contributed by atoms with Crippen molar-refractivity contribution in [2.75, 3.05) is 26.4 Å². The highest BCUT2D eigenvalue weighted by Gasteiger charge is 2.36. The van der Waals surface area contributed by atoms with E-state index in [1.165, 1.54) is 6.92 Å². The first-order chi connectivity index (χ1) is 26.2. The minimum Gasteiger partial charge on any atom is -0.449 e. The first-order valence-corrected chi connectivity index (χ1v) is 18.8. The Labute approximate surface area is 317 Å². The van der Waals surface area contributed by atoms with Gasteiger partial charge in [-0.3, -0.25) is 19.8 Å². The van der Waals surface area contributed by atoms with E-state index in [4.69, 9.17) is 14.3 Å². The van der Waals surface area contributed by atoms with Crippen LogP contribution in [0.2, 0.25) is 0 Å². The van der Waals surface area contributed by atoms with Gasteiger partial charge in [0, 0.05) is 18.9 Å². The first-order valence-electron chi connectivity index (χ1n) is 18.8. The Balaban J connectivity index is 1.25. The molecule has 0 radical (unpaired) electrons. The molecule has 12 nitrogen and oxygen atoms in total. The number of fused-ring (bicyclic) bond motifs is 3. The number of carbonyl (C=O) groups is 4. The van der Waals surface area contributed by atoms with E-state index in [1.807, 2.05) is 105 Å². The topological polar surface area (TPSA) is 156 Å². The van der Waals surface area contributed by atoms with Crippen molar-refractivity contribution in [3.63, 3.8) is 0 Å². The second kappa shape index (κ2) is 19.9. The number of hydrogen-bond acceptors (Lipinski definition) is 8. The van der Waals surface area contributed by atoms with Gasteiger partial charge in [-0.25, -0.2) is 20.1 Å². The number of allylic oxidation sites excluding steroid dienone is 1. The van der Waals surface area contributed by atoms with E-state index in [0.717, 1.165) is 45.7 Å². The number of amides is 4.